The van der Waals surface area contributed by atoms with Crippen LogP contribution in [0.4, 0.5) is 5.69 Å². The van der Waals surface area contributed by atoms with E-state index < -0.39 is 42.3 Å². The number of sulfone groups is 1. The van der Waals surface area contributed by atoms with Gasteiger partial charge in [0.15, 0.2) is 9.84 Å². The molecule has 0 spiro atoms. The lowest BCUT2D eigenvalue weighted by molar-refractivity contribution is -0.384. The van der Waals surface area contributed by atoms with Crippen LogP contribution in [0.25, 0.3) is 0 Å². The van der Waals surface area contributed by atoms with Crippen molar-refractivity contribution in [1.82, 2.24) is 10.2 Å². The van der Waals surface area contributed by atoms with Gasteiger partial charge in [-0.3, -0.25) is 14.9 Å². The smallest absolute Gasteiger partial charge is 0.269 e. The van der Waals surface area contributed by atoms with Gasteiger partial charge in [-0.1, -0.05) is 12.5 Å². The van der Waals surface area contributed by atoms with Crippen molar-refractivity contribution in [2.24, 2.45) is 0 Å². The standard InChI is InChI=1S/C22H27N3O7S2/c26-22(23-11-14-24-12-2-1-3-13-24)18-5-4-6-19-21(18)20(15-33(19,29)30)34(31,32)17-9-7-16(8-10-17)25(27)28/h4-10,20,29-30H,1-3,11-15H2,(H,23,26)/p-1. The normalized spacial score (nSPS) is 24.7. The van der Waals surface area contributed by atoms with Gasteiger partial charge in [-0.2, -0.15) is 0 Å². The number of fused-ring (bicyclic) bond motifs is 1. The average molecular weight is 509 g/mol. The van der Waals surface area contributed by atoms with E-state index in [-0.39, 0.29) is 26.6 Å². The number of hydrogen-bond donors (Lipinski definition) is 2. The molecule has 2 heterocycles. The Morgan fingerprint density at radius 1 is 1.15 bits per heavy atom. The molecule has 4 rings (SSSR count). The summed E-state index contributed by atoms with van der Waals surface area (Å²) in [5, 5.41) is 12.3. The van der Waals surface area contributed by atoms with Crippen LogP contribution in [0.1, 0.15) is 40.4 Å². The Morgan fingerprint density at radius 2 is 1.82 bits per heavy atom. The Morgan fingerprint density at radius 3 is 2.47 bits per heavy atom. The summed E-state index contributed by atoms with van der Waals surface area (Å²) < 4.78 is 50.3. The van der Waals surface area contributed by atoms with Crippen LogP contribution in [0.15, 0.2) is 52.3 Å². The fraction of sp³-hybridized carbons (Fsp3) is 0.409. The summed E-state index contributed by atoms with van der Waals surface area (Å²) in [6, 6.07) is 8.63. The van der Waals surface area contributed by atoms with Crippen molar-refractivity contribution >= 4 is 32.0 Å². The molecule has 34 heavy (non-hydrogen) atoms. The molecular formula is C22H26N3O7S2-. The molecule has 0 aliphatic carbocycles. The minimum absolute atomic E-state index is 0.0174. The minimum Gasteiger partial charge on any atom is -0.764 e. The van der Waals surface area contributed by atoms with E-state index >= 15 is 0 Å². The molecule has 10 nitrogen and oxygen atoms in total. The van der Waals surface area contributed by atoms with E-state index in [0.29, 0.717) is 13.1 Å². The number of benzene rings is 2. The predicted octanol–water partition coefficient (Wildman–Crippen LogP) is 3.11. The molecule has 1 fully saturated rings. The zero-order valence-corrected chi connectivity index (χ0v) is 20.0. The van der Waals surface area contributed by atoms with Crippen molar-refractivity contribution in [2.45, 2.75) is 34.3 Å². The molecule has 1 saturated heterocycles. The molecule has 12 heteroatoms. The quantitative estimate of drug-likeness (QED) is 0.427. The van der Waals surface area contributed by atoms with Crippen LogP contribution in [0.5, 0.6) is 0 Å². The molecule has 2 aliphatic rings. The number of likely N-dealkylation sites (tertiary alicyclic amines) is 1. The van der Waals surface area contributed by atoms with Gasteiger partial charge in [0.2, 0.25) is 0 Å². The molecular weight excluding hydrogens is 482 g/mol. The van der Waals surface area contributed by atoms with E-state index in [1.165, 1.54) is 24.6 Å². The lowest BCUT2D eigenvalue weighted by atomic mass is 10.0. The topological polar surface area (TPSA) is 153 Å². The summed E-state index contributed by atoms with van der Waals surface area (Å²) in [5.41, 5.74) is -0.208. The molecule has 0 bridgehead atoms. The number of amides is 1. The van der Waals surface area contributed by atoms with Gasteiger partial charge < -0.3 is 29.9 Å². The van der Waals surface area contributed by atoms with E-state index in [9.17, 15) is 32.4 Å². The van der Waals surface area contributed by atoms with Gasteiger partial charge in [0, 0.05) is 47.0 Å². The second-order valence-corrected chi connectivity index (χ2v) is 12.7. The monoisotopic (exact) mass is 508 g/mol. The summed E-state index contributed by atoms with van der Waals surface area (Å²) in [7, 11) is -7.90. The van der Waals surface area contributed by atoms with Crippen LogP contribution >= 0.6 is 10.6 Å². The molecule has 0 radical (unpaired) electrons. The lowest BCUT2D eigenvalue weighted by Gasteiger charge is -2.42. The summed E-state index contributed by atoms with van der Waals surface area (Å²) in [4.78, 5) is 25.3. The molecule has 2 aliphatic heterocycles. The summed E-state index contributed by atoms with van der Waals surface area (Å²) in [6.07, 6.45) is 3.43. The van der Waals surface area contributed by atoms with E-state index in [0.717, 1.165) is 50.2 Å². The summed E-state index contributed by atoms with van der Waals surface area (Å²) in [5.74, 6) is -1.09. The molecule has 2 aromatic carbocycles. The second-order valence-electron chi connectivity index (χ2n) is 8.47. The van der Waals surface area contributed by atoms with Gasteiger partial charge >= 0.3 is 0 Å². The number of nitro benzene ring substituents is 1. The largest absolute Gasteiger partial charge is 0.764 e. The first-order valence-electron chi connectivity index (χ1n) is 11.0. The zero-order chi connectivity index (χ0) is 24.5. The maximum Gasteiger partial charge on any atom is 0.269 e. The van der Waals surface area contributed by atoms with Gasteiger partial charge in [-0.25, -0.2) is 8.42 Å². The third kappa shape index (κ3) is 4.82. The zero-order valence-electron chi connectivity index (χ0n) is 18.4. The third-order valence-corrected chi connectivity index (χ3v) is 10.4. The highest BCUT2D eigenvalue weighted by molar-refractivity contribution is 8.25. The highest BCUT2D eigenvalue weighted by Crippen LogP contribution is 2.61. The Hall–Kier alpha value is -2.51. The first-order chi connectivity index (χ1) is 16.1. The number of carbonyl (C=O) groups excluding carboxylic acids is 1. The summed E-state index contributed by atoms with van der Waals surface area (Å²) >= 11 is 0. The first kappa shape index (κ1) is 24.6. The first-order valence-corrected chi connectivity index (χ1v) is 14.2. The van der Waals surface area contributed by atoms with E-state index in [1.54, 1.807) is 0 Å². The number of nitrogens with zero attached hydrogens (tertiary/aromatic N) is 2. The predicted molar refractivity (Wildman–Crippen MR) is 126 cm³/mol. The molecule has 2 unspecified atom stereocenters. The molecule has 2 aromatic rings. The van der Waals surface area contributed by atoms with Crippen molar-refractivity contribution < 1.29 is 27.2 Å². The van der Waals surface area contributed by atoms with Crippen LogP contribution in [0, 0.1) is 10.1 Å². The number of nitrogens with one attached hydrogen (secondary N) is 1. The highest BCUT2D eigenvalue weighted by Gasteiger charge is 2.42. The minimum atomic E-state index is -4.21. The number of piperidine rings is 1. The van der Waals surface area contributed by atoms with Gasteiger partial charge in [0.25, 0.3) is 11.6 Å². The van der Waals surface area contributed by atoms with E-state index in [1.807, 2.05) is 0 Å². The molecule has 2 N–H and O–H groups in total. The van der Waals surface area contributed by atoms with Crippen LogP contribution in [0.3, 0.4) is 0 Å². The van der Waals surface area contributed by atoms with E-state index in [4.69, 9.17) is 0 Å². The van der Waals surface area contributed by atoms with Crippen molar-refractivity contribution in [3.63, 3.8) is 0 Å². The molecule has 0 aromatic heterocycles. The Kier molecular flexibility index (Phi) is 6.97. The second kappa shape index (κ2) is 9.62. The SMILES string of the molecule is O=C(NCCN1CCCCC1)c1cccc2c1C(S(=O)(=O)c1ccc([N+](=O)[O-])cc1)CS2([O-])O. The van der Waals surface area contributed by atoms with Gasteiger partial charge in [-0.05, 0) is 50.2 Å². The Labute approximate surface area is 199 Å². The van der Waals surface area contributed by atoms with Crippen molar-refractivity contribution in [3.05, 3.63) is 63.7 Å². The van der Waals surface area contributed by atoms with Crippen LogP contribution in [-0.4, -0.2) is 65.2 Å². The van der Waals surface area contributed by atoms with Crippen molar-refractivity contribution in [3.8, 4) is 0 Å². The lowest BCUT2D eigenvalue weighted by Crippen LogP contribution is -2.38. The number of hydrogen-bond acceptors (Lipinski definition) is 8. The highest BCUT2D eigenvalue weighted by atomic mass is 32.3. The van der Waals surface area contributed by atoms with E-state index in [2.05, 4.69) is 10.2 Å². The average Bonchev–Trinajstić information content (AvgIpc) is 3.11. The third-order valence-electron chi connectivity index (χ3n) is 6.27. The Balaban J connectivity index is 1.62. The van der Waals surface area contributed by atoms with Crippen LogP contribution in [0.2, 0.25) is 0 Å². The van der Waals surface area contributed by atoms with Gasteiger partial charge in [0.1, 0.15) is 5.25 Å². The molecule has 1 amide bonds. The molecule has 184 valence electrons. The fourth-order valence-corrected chi connectivity index (χ4v) is 8.90. The van der Waals surface area contributed by atoms with Crippen LogP contribution in [-0.2, 0) is 9.84 Å². The van der Waals surface area contributed by atoms with Crippen molar-refractivity contribution in [1.29, 1.82) is 0 Å². The maximum absolute atomic E-state index is 13.4. The van der Waals surface area contributed by atoms with Crippen molar-refractivity contribution in [2.75, 3.05) is 31.9 Å². The fourth-order valence-electron chi connectivity index (χ4n) is 4.50. The molecule has 2 atom stereocenters. The maximum atomic E-state index is 13.4. The van der Waals surface area contributed by atoms with Gasteiger partial charge in [-0.15, -0.1) is 0 Å². The number of nitro groups is 1. The van der Waals surface area contributed by atoms with Crippen LogP contribution < -0.4 is 5.32 Å². The van der Waals surface area contributed by atoms with Gasteiger partial charge in [0.05, 0.1) is 9.82 Å². The number of rotatable bonds is 7. The Bertz CT molecular complexity index is 1190. The summed E-state index contributed by atoms with van der Waals surface area (Å²) in [6.45, 7) is 2.98. The number of non-ortho nitro benzene ring substituents is 1. The number of carbonyl (C=O) groups is 1. The molecule has 0 saturated carbocycles.